The van der Waals surface area contributed by atoms with Gasteiger partial charge >= 0.3 is 15.6 Å². The molecular weight excluding hydrogens is 585 g/mol. The normalized spacial score (nSPS) is 17.9. The molecule has 1 aliphatic heterocycles. The van der Waals surface area contributed by atoms with Gasteiger partial charge in [-0.25, -0.2) is 4.98 Å². The monoisotopic (exact) mass is 608 g/mol. The Morgan fingerprint density at radius 3 is 2.56 bits per heavy atom. The third-order valence-corrected chi connectivity index (χ3v) is 8.96. The molecule has 2 aromatic carbocycles. The summed E-state index contributed by atoms with van der Waals surface area (Å²) in [6.07, 6.45) is 3.78. The summed E-state index contributed by atoms with van der Waals surface area (Å²) in [7, 11) is -4.63. The van der Waals surface area contributed by atoms with Crippen LogP contribution in [-0.4, -0.2) is 47.8 Å². The molecule has 2 aliphatic rings. The van der Waals surface area contributed by atoms with Crippen molar-refractivity contribution in [2.24, 2.45) is 0 Å². The fraction of sp³-hybridized carbons (Fsp3) is 0.346. The van der Waals surface area contributed by atoms with Gasteiger partial charge in [-0.1, -0.05) is 29.5 Å². The number of ether oxygens (including phenoxy) is 2. The molecular formula is C26H23F3N4O6S2. The average Bonchev–Trinajstić information content (AvgIpc) is 3.66. The first-order chi connectivity index (χ1) is 19.5. The predicted octanol–water partition coefficient (Wildman–Crippen LogP) is 5.51. The fourth-order valence-electron chi connectivity index (χ4n) is 5.09. The van der Waals surface area contributed by atoms with Crippen LogP contribution >= 0.6 is 11.3 Å². The van der Waals surface area contributed by atoms with E-state index in [1.165, 1.54) is 7.11 Å². The van der Waals surface area contributed by atoms with Crippen LogP contribution in [0, 0.1) is 0 Å². The van der Waals surface area contributed by atoms with Crippen LogP contribution < -0.4 is 19.0 Å². The van der Waals surface area contributed by atoms with Crippen LogP contribution in [0.15, 0.2) is 42.5 Å². The van der Waals surface area contributed by atoms with Gasteiger partial charge in [0.2, 0.25) is 11.0 Å². The van der Waals surface area contributed by atoms with Gasteiger partial charge in [-0.2, -0.15) is 26.3 Å². The molecule has 1 atom stereocenters. The lowest BCUT2D eigenvalue weighted by Crippen LogP contribution is -2.29. The first kappa shape index (κ1) is 27.3. The SMILES string of the molecule is COc1cc(C2CC(=O)Nc3c2c(OS(=O)(=O)C(F)(F)F)nn3-c2nc3ccccc3s2)ccc1OC1CCCC1. The summed E-state index contributed by atoms with van der Waals surface area (Å²) < 4.78 is 82.3. The third kappa shape index (κ3) is 5.07. The zero-order valence-electron chi connectivity index (χ0n) is 21.5. The van der Waals surface area contributed by atoms with Gasteiger partial charge in [-0.05, 0) is 55.5 Å². The van der Waals surface area contributed by atoms with E-state index in [0.717, 1.165) is 46.4 Å². The Balaban J connectivity index is 1.48. The highest BCUT2D eigenvalue weighted by molar-refractivity contribution is 7.88. The molecule has 1 fully saturated rings. The van der Waals surface area contributed by atoms with Crippen molar-refractivity contribution in [3.63, 3.8) is 0 Å². The van der Waals surface area contributed by atoms with E-state index in [1.54, 1.807) is 42.5 Å². The second-order valence-corrected chi connectivity index (χ2v) is 12.2. The number of aromatic nitrogens is 3. The van der Waals surface area contributed by atoms with E-state index in [-0.39, 0.29) is 29.0 Å². The van der Waals surface area contributed by atoms with Gasteiger partial charge in [-0.3, -0.25) is 4.79 Å². The van der Waals surface area contributed by atoms with E-state index in [9.17, 15) is 26.4 Å². The number of nitrogens with one attached hydrogen (secondary N) is 1. The van der Waals surface area contributed by atoms with Gasteiger partial charge in [0.25, 0.3) is 5.88 Å². The Kier molecular flexibility index (Phi) is 6.80. The van der Waals surface area contributed by atoms with Crippen LogP contribution in [0.4, 0.5) is 19.0 Å². The average molecular weight is 609 g/mol. The summed E-state index contributed by atoms with van der Waals surface area (Å²) in [6, 6.07) is 12.0. The van der Waals surface area contributed by atoms with Crippen molar-refractivity contribution >= 4 is 43.4 Å². The van der Waals surface area contributed by atoms with Crippen molar-refractivity contribution in [3.05, 3.63) is 53.6 Å². The Labute approximate surface area is 236 Å². The van der Waals surface area contributed by atoms with Crippen LogP contribution in [0.5, 0.6) is 17.4 Å². The Morgan fingerprint density at radius 2 is 1.85 bits per heavy atom. The van der Waals surface area contributed by atoms with Crippen LogP contribution in [0.25, 0.3) is 15.3 Å². The molecule has 0 saturated heterocycles. The number of fused-ring (bicyclic) bond motifs is 2. The molecule has 1 amide bonds. The van der Waals surface area contributed by atoms with E-state index in [4.69, 9.17) is 9.47 Å². The van der Waals surface area contributed by atoms with Crippen LogP contribution in [0.2, 0.25) is 0 Å². The molecule has 216 valence electrons. The summed E-state index contributed by atoms with van der Waals surface area (Å²) in [4.78, 5) is 17.4. The summed E-state index contributed by atoms with van der Waals surface area (Å²) >= 11 is 1.16. The lowest BCUT2D eigenvalue weighted by atomic mass is 9.87. The molecule has 3 heterocycles. The summed E-state index contributed by atoms with van der Waals surface area (Å²) in [5, 5.41) is 6.90. The fourth-order valence-corrected chi connectivity index (χ4v) is 6.43. The first-order valence-electron chi connectivity index (χ1n) is 12.7. The quantitative estimate of drug-likeness (QED) is 0.215. The third-order valence-electron chi connectivity index (χ3n) is 7.01. The van der Waals surface area contributed by atoms with Crippen molar-refractivity contribution in [2.45, 2.75) is 49.6 Å². The molecule has 4 aromatic rings. The maximum absolute atomic E-state index is 13.4. The molecule has 1 saturated carbocycles. The molecule has 1 aliphatic carbocycles. The maximum atomic E-state index is 13.4. The topological polar surface area (TPSA) is 122 Å². The van der Waals surface area contributed by atoms with Crippen molar-refractivity contribution in [1.29, 1.82) is 0 Å². The van der Waals surface area contributed by atoms with Gasteiger partial charge in [-0.15, -0.1) is 5.10 Å². The van der Waals surface area contributed by atoms with E-state index in [1.807, 2.05) is 0 Å². The number of para-hydroxylation sites is 1. The smallest absolute Gasteiger partial charge is 0.493 e. The van der Waals surface area contributed by atoms with E-state index >= 15 is 0 Å². The highest BCUT2D eigenvalue weighted by Crippen LogP contribution is 2.47. The molecule has 10 nitrogen and oxygen atoms in total. The minimum atomic E-state index is -6.08. The lowest BCUT2D eigenvalue weighted by Gasteiger charge is -2.25. The van der Waals surface area contributed by atoms with Gasteiger partial charge in [0, 0.05) is 12.3 Å². The van der Waals surface area contributed by atoms with Crippen molar-refractivity contribution < 1.29 is 40.0 Å². The number of alkyl halides is 3. The second-order valence-electron chi connectivity index (χ2n) is 9.67. The standard InChI is InChI=1S/C26H23F3N4O6S2/c1-37-19-12-14(10-11-18(19)38-15-6-2-3-7-15)16-13-21(34)31-23-22(16)24(39-41(35,36)26(27,28)29)32-33(23)25-30-17-8-4-5-9-20(17)40-25/h4-5,8-12,15-16H,2-3,6-7,13H2,1H3,(H,31,34). The van der Waals surface area contributed by atoms with Crippen molar-refractivity contribution in [1.82, 2.24) is 14.8 Å². The number of amides is 1. The Morgan fingerprint density at radius 1 is 1.10 bits per heavy atom. The number of hydrogen-bond donors (Lipinski definition) is 1. The van der Waals surface area contributed by atoms with Crippen molar-refractivity contribution in [2.75, 3.05) is 12.4 Å². The zero-order chi connectivity index (χ0) is 28.9. The Bertz CT molecular complexity index is 1710. The number of methoxy groups -OCH3 is 1. The van der Waals surface area contributed by atoms with E-state index in [0.29, 0.717) is 22.6 Å². The van der Waals surface area contributed by atoms with Gasteiger partial charge in [0.15, 0.2) is 11.5 Å². The molecule has 6 rings (SSSR count). The Hall–Kier alpha value is -3.85. The first-order valence-corrected chi connectivity index (χ1v) is 14.9. The maximum Gasteiger partial charge on any atom is 0.534 e. The number of carbonyl (C=O) groups excluding carboxylic acids is 1. The largest absolute Gasteiger partial charge is 0.534 e. The van der Waals surface area contributed by atoms with Gasteiger partial charge in [0.1, 0.15) is 5.82 Å². The highest BCUT2D eigenvalue weighted by atomic mass is 32.2. The molecule has 2 aromatic heterocycles. The molecule has 0 bridgehead atoms. The number of thiazole rings is 1. The molecule has 1 N–H and O–H groups in total. The number of hydrogen-bond acceptors (Lipinski definition) is 9. The van der Waals surface area contributed by atoms with Crippen LogP contribution in [0.3, 0.4) is 0 Å². The predicted molar refractivity (Wildman–Crippen MR) is 143 cm³/mol. The van der Waals surface area contributed by atoms with Gasteiger partial charge in [0.05, 0.1) is 29.0 Å². The summed E-state index contributed by atoms with van der Waals surface area (Å²) in [5.74, 6) is -1.37. The number of anilines is 1. The zero-order valence-corrected chi connectivity index (χ0v) is 23.1. The molecule has 1 unspecified atom stereocenters. The number of benzene rings is 2. The van der Waals surface area contributed by atoms with Crippen LogP contribution in [0.1, 0.15) is 49.1 Å². The molecule has 15 heteroatoms. The minimum absolute atomic E-state index is 0.0387. The molecule has 0 radical (unpaired) electrons. The van der Waals surface area contributed by atoms with Gasteiger partial charge < -0.3 is 19.0 Å². The summed E-state index contributed by atoms with van der Waals surface area (Å²) in [6.45, 7) is 0. The number of nitrogens with zero attached hydrogens (tertiary/aromatic N) is 3. The number of carbonyl (C=O) groups is 1. The molecule has 0 spiro atoms. The van der Waals surface area contributed by atoms with Crippen molar-refractivity contribution in [3.8, 4) is 22.5 Å². The second kappa shape index (κ2) is 10.2. The lowest BCUT2D eigenvalue weighted by molar-refractivity contribution is -0.116. The van der Waals surface area contributed by atoms with Crippen LogP contribution in [-0.2, 0) is 14.9 Å². The van der Waals surface area contributed by atoms with E-state index in [2.05, 4.69) is 19.6 Å². The summed E-state index contributed by atoms with van der Waals surface area (Å²) in [5.41, 5.74) is -4.68. The minimum Gasteiger partial charge on any atom is -0.493 e. The van der Waals surface area contributed by atoms with E-state index < -0.39 is 33.3 Å². The number of rotatable bonds is 7. The highest BCUT2D eigenvalue weighted by Gasteiger charge is 2.50. The number of halogens is 3. The molecule has 41 heavy (non-hydrogen) atoms.